The molecule has 1 aromatic carbocycles. The van der Waals surface area contributed by atoms with Crippen LogP contribution in [0.15, 0.2) is 41.5 Å². The van der Waals surface area contributed by atoms with Gasteiger partial charge < -0.3 is 15.4 Å². The second-order valence-electron chi connectivity index (χ2n) is 5.03. The molecule has 1 atom stereocenters. The number of methoxy groups -OCH3 is 1. The van der Waals surface area contributed by atoms with Gasteiger partial charge in [0, 0.05) is 39.0 Å². The van der Waals surface area contributed by atoms with Crippen molar-refractivity contribution in [3.8, 4) is 0 Å². The number of halogens is 2. The van der Waals surface area contributed by atoms with E-state index in [0.29, 0.717) is 24.1 Å². The number of aliphatic imine (C=N–C) groups is 1. The Bertz CT molecular complexity index is 661. The van der Waals surface area contributed by atoms with Gasteiger partial charge in [-0.05, 0) is 23.8 Å². The van der Waals surface area contributed by atoms with Crippen molar-refractivity contribution in [2.24, 2.45) is 12.0 Å². The van der Waals surface area contributed by atoms with Gasteiger partial charge in [-0.3, -0.25) is 9.67 Å². The van der Waals surface area contributed by atoms with Crippen molar-refractivity contribution >= 4 is 41.5 Å². The maximum atomic E-state index is 6.04. The maximum Gasteiger partial charge on any atom is 0.191 e. The molecule has 0 saturated heterocycles. The molecule has 1 unspecified atom stereocenters. The topological polar surface area (TPSA) is 63.5 Å². The van der Waals surface area contributed by atoms with E-state index in [9.17, 15) is 0 Å². The summed E-state index contributed by atoms with van der Waals surface area (Å²) in [6, 6.07) is 9.62. The highest BCUT2D eigenvalue weighted by Crippen LogP contribution is 2.19. The van der Waals surface area contributed by atoms with E-state index in [4.69, 9.17) is 16.3 Å². The van der Waals surface area contributed by atoms with Gasteiger partial charge in [-0.15, -0.1) is 24.0 Å². The number of hydrogen-bond donors (Lipinski definition) is 2. The largest absolute Gasteiger partial charge is 0.375 e. The van der Waals surface area contributed by atoms with Crippen LogP contribution in [-0.4, -0.2) is 36.4 Å². The first-order valence-corrected chi connectivity index (χ1v) is 7.71. The van der Waals surface area contributed by atoms with Gasteiger partial charge in [0.25, 0.3) is 0 Å². The number of guanidine groups is 1. The molecule has 2 aromatic rings. The van der Waals surface area contributed by atoms with Crippen LogP contribution in [-0.2, 0) is 18.3 Å². The summed E-state index contributed by atoms with van der Waals surface area (Å²) in [5.41, 5.74) is 2.10. The molecule has 1 heterocycles. The fourth-order valence-corrected chi connectivity index (χ4v) is 2.40. The van der Waals surface area contributed by atoms with Gasteiger partial charge in [0.05, 0.1) is 18.3 Å². The van der Waals surface area contributed by atoms with E-state index in [1.807, 2.05) is 42.1 Å². The molecule has 0 spiro atoms. The van der Waals surface area contributed by atoms with E-state index >= 15 is 0 Å². The summed E-state index contributed by atoms with van der Waals surface area (Å²) < 4.78 is 7.36. The Morgan fingerprint density at radius 3 is 2.75 bits per heavy atom. The summed E-state index contributed by atoms with van der Waals surface area (Å²) in [5.74, 6) is 0.704. The minimum absolute atomic E-state index is 0. The van der Waals surface area contributed by atoms with Crippen LogP contribution in [0, 0.1) is 0 Å². The summed E-state index contributed by atoms with van der Waals surface area (Å²) in [4.78, 5) is 4.22. The van der Waals surface area contributed by atoms with Crippen LogP contribution in [0.2, 0.25) is 5.02 Å². The quantitative estimate of drug-likeness (QED) is 0.393. The third-order valence-electron chi connectivity index (χ3n) is 3.54. The number of ether oxygens (including phenoxy) is 1. The molecule has 8 heteroatoms. The average molecular weight is 464 g/mol. The summed E-state index contributed by atoms with van der Waals surface area (Å²) in [7, 11) is 5.33. The monoisotopic (exact) mass is 463 g/mol. The molecular formula is C16H23ClIN5O. The number of nitrogens with zero attached hydrogens (tertiary/aromatic N) is 3. The smallest absolute Gasteiger partial charge is 0.191 e. The van der Waals surface area contributed by atoms with E-state index in [0.717, 1.165) is 11.3 Å². The molecule has 24 heavy (non-hydrogen) atoms. The molecule has 0 saturated carbocycles. The van der Waals surface area contributed by atoms with Crippen molar-refractivity contribution in [3.63, 3.8) is 0 Å². The minimum Gasteiger partial charge on any atom is -0.375 e. The Kier molecular flexibility index (Phi) is 9.09. The van der Waals surface area contributed by atoms with E-state index in [1.54, 1.807) is 20.4 Å². The van der Waals surface area contributed by atoms with Crippen molar-refractivity contribution in [3.05, 3.63) is 52.8 Å². The molecule has 0 fully saturated rings. The minimum atomic E-state index is -0.107. The van der Waals surface area contributed by atoms with Crippen molar-refractivity contribution in [1.29, 1.82) is 0 Å². The van der Waals surface area contributed by atoms with Crippen LogP contribution >= 0.6 is 35.6 Å². The zero-order valence-electron chi connectivity index (χ0n) is 14.0. The third-order valence-corrected chi connectivity index (χ3v) is 3.78. The predicted molar refractivity (Wildman–Crippen MR) is 108 cm³/mol. The van der Waals surface area contributed by atoms with Crippen LogP contribution in [0.3, 0.4) is 0 Å². The van der Waals surface area contributed by atoms with Crippen LogP contribution in [0.4, 0.5) is 0 Å². The normalized spacial score (nSPS) is 12.4. The Balaban J connectivity index is 0.00000288. The number of rotatable bonds is 6. The van der Waals surface area contributed by atoms with Crippen LogP contribution in [0.25, 0.3) is 0 Å². The highest BCUT2D eigenvalue weighted by Gasteiger charge is 2.11. The Hall–Kier alpha value is -1.32. The average Bonchev–Trinajstić information content (AvgIpc) is 2.96. The Labute approximate surface area is 164 Å². The first-order chi connectivity index (χ1) is 11.1. The molecular weight excluding hydrogens is 441 g/mol. The number of hydrogen-bond acceptors (Lipinski definition) is 3. The van der Waals surface area contributed by atoms with E-state index < -0.39 is 0 Å². The summed E-state index contributed by atoms with van der Waals surface area (Å²) >= 11 is 6.04. The SMILES string of the molecule is CN=C(NCc1ccnn1C)NCC(OC)c1cccc(Cl)c1.I. The Morgan fingerprint density at radius 2 is 2.17 bits per heavy atom. The lowest BCUT2D eigenvalue weighted by Gasteiger charge is -2.19. The zero-order valence-corrected chi connectivity index (χ0v) is 17.1. The molecule has 0 bridgehead atoms. The van der Waals surface area contributed by atoms with Crippen molar-refractivity contribution < 1.29 is 4.74 Å². The van der Waals surface area contributed by atoms with Crippen LogP contribution in [0.1, 0.15) is 17.4 Å². The molecule has 0 aliphatic carbocycles. The standard InChI is InChI=1S/C16H22ClN5O.HI/c1-18-16(19-10-14-7-8-21-22(14)2)20-11-15(23-3)12-5-4-6-13(17)9-12;/h4-9,15H,10-11H2,1-3H3,(H2,18,19,20);1H. The first-order valence-electron chi connectivity index (χ1n) is 7.33. The number of nitrogens with one attached hydrogen (secondary N) is 2. The van der Waals surface area contributed by atoms with Crippen LogP contribution in [0.5, 0.6) is 0 Å². The van der Waals surface area contributed by atoms with E-state index in [-0.39, 0.29) is 30.1 Å². The lowest BCUT2D eigenvalue weighted by atomic mass is 10.1. The molecule has 2 rings (SSSR count). The van der Waals surface area contributed by atoms with Gasteiger partial charge in [-0.25, -0.2) is 0 Å². The third kappa shape index (κ3) is 5.95. The molecule has 132 valence electrons. The van der Waals surface area contributed by atoms with Gasteiger partial charge in [0.2, 0.25) is 0 Å². The highest BCUT2D eigenvalue weighted by molar-refractivity contribution is 14.0. The van der Waals surface area contributed by atoms with Gasteiger partial charge in [-0.1, -0.05) is 23.7 Å². The molecule has 6 nitrogen and oxygen atoms in total. The van der Waals surface area contributed by atoms with Gasteiger partial charge in [-0.2, -0.15) is 5.10 Å². The summed E-state index contributed by atoms with van der Waals surface area (Å²) in [6.07, 6.45) is 1.66. The molecule has 1 aromatic heterocycles. The fourth-order valence-electron chi connectivity index (χ4n) is 2.20. The zero-order chi connectivity index (χ0) is 16.7. The van der Waals surface area contributed by atoms with Crippen molar-refractivity contribution in [1.82, 2.24) is 20.4 Å². The summed E-state index contributed by atoms with van der Waals surface area (Å²) in [5, 5.41) is 11.3. The van der Waals surface area contributed by atoms with Gasteiger partial charge in [0.15, 0.2) is 5.96 Å². The predicted octanol–water partition coefficient (Wildman–Crippen LogP) is 2.74. The van der Waals surface area contributed by atoms with Gasteiger partial charge >= 0.3 is 0 Å². The van der Waals surface area contributed by atoms with Gasteiger partial charge in [0.1, 0.15) is 0 Å². The highest BCUT2D eigenvalue weighted by atomic mass is 127. The number of benzene rings is 1. The Morgan fingerprint density at radius 1 is 1.38 bits per heavy atom. The number of aromatic nitrogens is 2. The molecule has 0 aliphatic heterocycles. The van der Waals surface area contributed by atoms with Crippen LogP contribution < -0.4 is 10.6 Å². The van der Waals surface area contributed by atoms with E-state index in [1.165, 1.54) is 0 Å². The molecule has 0 amide bonds. The molecule has 0 aliphatic rings. The molecule has 2 N–H and O–H groups in total. The maximum absolute atomic E-state index is 6.04. The molecule has 0 radical (unpaired) electrons. The first kappa shape index (κ1) is 20.7. The van der Waals surface area contributed by atoms with Crippen molar-refractivity contribution in [2.75, 3.05) is 20.7 Å². The van der Waals surface area contributed by atoms with Crippen molar-refractivity contribution in [2.45, 2.75) is 12.6 Å². The fraction of sp³-hybridized carbons (Fsp3) is 0.375. The second-order valence-corrected chi connectivity index (χ2v) is 5.47. The second kappa shape index (κ2) is 10.5. The lowest BCUT2D eigenvalue weighted by molar-refractivity contribution is 0.106. The lowest BCUT2D eigenvalue weighted by Crippen LogP contribution is -2.39. The summed E-state index contributed by atoms with van der Waals surface area (Å²) in [6.45, 7) is 1.23. The number of aryl methyl sites for hydroxylation is 1. The van der Waals surface area contributed by atoms with E-state index in [2.05, 4.69) is 20.7 Å².